The second-order valence-electron chi connectivity index (χ2n) is 6.59. The van der Waals surface area contributed by atoms with Gasteiger partial charge in [-0.3, -0.25) is 9.69 Å². The van der Waals surface area contributed by atoms with Crippen molar-refractivity contribution in [2.45, 2.75) is 12.1 Å². The van der Waals surface area contributed by atoms with Gasteiger partial charge in [-0.2, -0.15) is 0 Å². The number of esters is 1. The van der Waals surface area contributed by atoms with E-state index in [0.29, 0.717) is 17.0 Å². The highest BCUT2D eigenvalue weighted by Crippen LogP contribution is 2.41. The number of nitrogens with zero attached hydrogens (tertiary/aromatic N) is 1. The highest BCUT2D eigenvalue weighted by Gasteiger charge is 2.51. The minimum Gasteiger partial charge on any atom is -0.478 e. The summed E-state index contributed by atoms with van der Waals surface area (Å²) >= 11 is 0. The summed E-state index contributed by atoms with van der Waals surface area (Å²) in [4.78, 5) is 26.2. The van der Waals surface area contributed by atoms with Crippen LogP contribution >= 0.6 is 0 Å². The van der Waals surface area contributed by atoms with Crippen LogP contribution in [0.25, 0.3) is 0 Å². The lowest BCUT2D eigenvalue weighted by Crippen LogP contribution is -2.61. The van der Waals surface area contributed by atoms with Crippen molar-refractivity contribution >= 4 is 17.6 Å². The number of carbonyl (C=O) groups excluding carboxylic acids is 2. The minimum absolute atomic E-state index is 0.220. The third-order valence-electron chi connectivity index (χ3n) is 4.83. The third kappa shape index (κ3) is 3.57. The maximum atomic E-state index is 13.3. The van der Waals surface area contributed by atoms with Crippen molar-refractivity contribution in [3.63, 3.8) is 0 Å². The highest BCUT2D eigenvalue weighted by atomic mass is 19.1. The zero-order valence-corrected chi connectivity index (χ0v) is 15.6. The van der Waals surface area contributed by atoms with Crippen LogP contribution in [0, 0.1) is 5.82 Å². The van der Waals surface area contributed by atoms with Crippen LogP contribution in [0.2, 0.25) is 0 Å². The molecule has 2 unspecified atom stereocenters. The van der Waals surface area contributed by atoms with Crippen molar-refractivity contribution in [2.75, 3.05) is 12.0 Å². The first-order chi connectivity index (χ1) is 14.1. The van der Waals surface area contributed by atoms with Crippen LogP contribution in [-0.4, -0.2) is 25.1 Å². The van der Waals surface area contributed by atoms with Gasteiger partial charge in [0.15, 0.2) is 0 Å². The predicted molar refractivity (Wildman–Crippen MR) is 105 cm³/mol. The van der Waals surface area contributed by atoms with E-state index in [2.05, 4.69) is 0 Å². The third-order valence-corrected chi connectivity index (χ3v) is 4.83. The van der Waals surface area contributed by atoms with Crippen LogP contribution in [0.4, 0.5) is 10.1 Å². The lowest BCUT2D eigenvalue weighted by atomic mass is 9.89. The van der Waals surface area contributed by atoms with E-state index in [1.165, 1.54) is 19.2 Å². The Balaban J connectivity index is 1.67. The number of β-lactam (4-membered cyclic amide) rings is 1. The molecule has 0 spiro atoms. The minimum atomic E-state index is -0.730. The quantitative estimate of drug-likeness (QED) is 0.484. The number of rotatable bonds is 5. The van der Waals surface area contributed by atoms with Gasteiger partial charge in [-0.05, 0) is 54.1 Å². The van der Waals surface area contributed by atoms with E-state index in [0.717, 1.165) is 5.56 Å². The molecule has 0 saturated carbocycles. The molecule has 0 N–H and O–H groups in total. The Bertz CT molecular complexity index is 1020. The molecule has 1 aliphatic heterocycles. The monoisotopic (exact) mass is 391 g/mol. The lowest BCUT2D eigenvalue weighted by molar-refractivity contribution is -0.135. The van der Waals surface area contributed by atoms with Crippen molar-refractivity contribution in [2.24, 2.45) is 0 Å². The summed E-state index contributed by atoms with van der Waals surface area (Å²) in [6, 6.07) is 21.2. The highest BCUT2D eigenvalue weighted by molar-refractivity contribution is 6.05. The fourth-order valence-electron chi connectivity index (χ4n) is 3.37. The van der Waals surface area contributed by atoms with Crippen LogP contribution < -0.4 is 9.64 Å². The average molecular weight is 391 g/mol. The van der Waals surface area contributed by atoms with Gasteiger partial charge in [0.25, 0.3) is 5.91 Å². The molecular weight excluding hydrogens is 373 g/mol. The standard InChI is InChI=1S/C23H18FNO4/c1-28-23(27)16-9-7-15(8-10-16)20-21(29-19-5-3-2-4-6-19)22(26)25(20)18-13-11-17(24)12-14-18/h2-14,20-21H,1H3. The number of ether oxygens (including phenoxy) is 2. The lowest BCUT2D eigenvalue weighted by Gasteiger charge is -2.46. The van der Waals surface area contributed by atoms with E-state index in [-0.39, 0.29) is 11.7 Å². The molecule has 1 heterocycles. The molecule has 0 aliphatic carbocycles. The fourth-order valence-corrected chi connectivity index (χ4v) is 3.37. The Morgan fingerprint density at radius 3 is 2.21 bits per heavy atom. The van der Waals surface area contributed by atoms with Crippen LogP contribution in [0.15, 0.2) is 78.9 Å². The first kappa shape index (κ1) is 18.7. The Morgan fingerprint density at radius 1 is 0.931 bits per heavy atom. The number of benzene rings is 3. The smallest absolute Gasteiger partial charge is 0.337 e. The molecule has 6 heteroatoms. The molecule has 1 saturated heterocycles. The summed E-state index contributed by atoms with van der Waals surface area (Å²) in [6.45, 7) is 0. The predicted octanol–water partition coefficient (Wildman–Crippen LogP) is 4.15. The van der Waals surface area contributed by atoms with Crippen LogP contribution in [0.1, 0.15) is 22.0 Å². The Hall–Kier alpha value is -3.67. The maximum Gasteiger partial charge on any atom is 0.337 e. The molecule has 1 aliphatic rings. The summed E-state index contributed by atoms with van der Waals surface area (Å²) in [7, 11) is 1.32. The van der Waals surface area contributed by atoms with Crippen molar-refractivity contribution in [3.8, 4) is 5.75 Å². The molecule has 0 bridgehead atoms. The second kappa shape index (κ2) is 7.75. The number of carbonyl (C=O) groups is 2. The van der Waals surface area contributed by atoms with E-state index in [4.69, 9.17) is 9.47 Å². The van der Waals surface area contributed by atoms with E-state index in [1.54, 1.807) is 53.4 Å². The van der Waals surface area contributed by atoms with Crippen molar-refractivity contribution in [1.82, 2.24) is 0 Å². The number of methoxy groups -OCH3 is 1. The van der Waals surface area contributed by atoms with Gasteiger partial charge in [-0.1, -0.05) is 30.3 Å². The number of amides is 1. The van der Waals surface area contributed by atoms with Gasteiger partial charge in [0, 0.05) is 5.69 Å². The van der Waals surface area contributed by atoms with E-state index in [9.17, 15) is 14.0 Å². The Labute approximate surface area is 167 Å². The van der Waals surface area contributed by atoms with Gasteiger partial charge < -0.3 is 9.47 Å². The first-order valence-corrected chi connectivity index (χ1v) is 9.07. The molecule has 1 amide bonds. The van der Waals surface area contributed by atoms with Crippen LogP contribution in [0.3, 0.4) is 0 Å². The Kier molecular flexibility index (Phi) is 4.99. The number of halogens is 1. The number of para-hydroxylation sites is 1. The Morgan fingerprint density at radius 2 is 1.59 bits per heavy atom. The van der Waals surface area contributed by atoms with Crippen molar-refractivity contribution in [3.05, 3.63) is 95.8 Å². The number of hydrogen-bond donors (Lipinski definition) is 0. The molecule has 3 aromatic carbocycles. The molecule has 4 rings (SSSR count). The van der Waals surface area contributed by atoms with E-state index < -0.39 is 18.1 Å². The fraction of sp³-hybridized carbons (Fsp3) is 0.130. The van der Waals surface area contributed by atoms with Gasteiger partial charge in [0.1, 0.15) is 17.6 Å². The van der Waals surface area contributed by atoms with Gasteiger partial charge in [-0.25, -0.2) is 9.18 Å². The zero-order chi connectivity index (χ0) is 20.4. The molecular formula is C23H18FNO4. The molecule has 3 aromatic rings. The van der Waals surface area contributed by atoms with Gasteiger partial charge in [-0.15, -0.1) is 0 Å². The summed E-state index contributed by atoms with van der Waals surface area (Å²) in [5, 5.41) is 0. The number of hydrogen-bond acceptors (Lipinski definition) is 4. The van der Waals surface area contributed by atoms with Crippen LogP contribution in [-0.2, 0) is 9.53 Å². The van der Waals surface area contributed by atoms with Gasteiger partial charge in [0.05, 0.1) is 12.7 Å². The summed E-state index contributed by atoms with van der Waals surface area (Å²) in [5.41, 5.74) is 1.78. The van der Waals surface area contributed by atoms with Crippen molar-refractivity contribution < 1.29 is 23.5 Å². The largest absolute Gasteiger partial charge is 0.478 e. The summed E-state index contributed by atoms with van der Waals surface area (Å²) in [5.74, 6) is -0.449. The zero-order valence-electron chi connectivity index (χ0n) is 15.6. The average Bonchev–Trinajstić information content (AvgIpc) is 2.77. The first-order valence-electron chi connectivity index (χ1n) is 9.07. The molecule has 5 nitrogen and oxygen atoms in total. The van der Waals surface area contributed by atoms with Crippen LogP contribution in [0.5, 0.6) is 5.75 Å². The SMILES string of the molecule is COC(=O)c1ccc(C2C(Oc3ccccc3)C(=O)N2c2ccc(F)cc2)cc1. The van der Waals surface area contributed by atoms with Gasteiger partial charge >= 0.3 is 5.97 Å². The molecule has 29 heavy (non-hydrogen) atoms. The van der Waals surface area contributed by atoms with E-state index in [1.807, 2.05) is 18.2 Å². The topological polar surface area (TPSA) is 55.8 Å². The number of anilines is 1. The molecule has 0 radical (unpaired) electrons. The van der Waals surface area contributed by atoms with E-state index >= 15 is 0 Å². The summed E-state index contributed by atoms with van der Waals surface area (Å²) < 4.78 is 24.0. The molecule has 0 aromatic heterocycles. The van der Waals surface area contributed by atoms with Crippen molar-refractivity contribution in [1.29, 1.82) is 0 Å². The second-order valence-corrected chi connectivity index (χ2v) is 6.59. The summed E-state index contributed by atoms with van der Waals surface area (Å²) in [6.07, 6.45) is -0.730. The normalized spacial score (nSPS) is 18.1. The molecule has 1 fully saturated rings. The van der Waals surface area contributed by atoms with Gasteiger partial charge in [0.2, 0.25) is 6.10 Å². The molecule has 2 atom stereocenters. The molecule has 146 valence electrons. The maximum absolute atomic E-state index is 13.3.